The van der Waals surface area contributed by atoms with E-state index in [0.717, 1.165) is 23.1 Å². The van der Waals surface area contributed by atoms with Crippen molar-refractivity contribution in [2.24, 2.45) is 5.92 Å². The van der Waals surface area contributed by atoms with Crippen LogP contribution < -0.4 is 10.6 Å². The van der Waals surface area contributed by atoms with Crippen molar-refractivity contribution in [3.8, 4) is 5.75 Å². The molecule has 10 nitrogen and oxygen atoms in total. The summed E-state index contributed by atoms with van der Waals surface area (Å²) in [5.74, 6) is -3.31. The molecule has 0 bridgehead atoms. The number of H-pyrrole nitrogens is 1. The monoisotopic (exact) mass is 632 g/mol. The number of rotatable bonds is 16. The fourth-order valence-corrected chi connectivity index (χ4v) is 5.32. The number of aliphatic carboxylic acids is 1. The molecular weight excluding hydrogens is 596 g/mol. The van der Waals surface area contributed by atoms with Crippen LogP contribution >= 0.6 is 11.6 Å². The Bertz CT molecular complexity index is 1620. The number of nitrogens with zero attached hydrogens (tertiary/aromatic N) is 1. The number of carbonyl (C=O) groups excluding carboxylic acids is 3. The second-order valence-corrected chi connectivity index (χ2v) is 11.6. The lowest BCUT2D eigenvalue weighted by molar-refractivity contribution is -0.142. The molecule has 0 aliphatic carbocycles. The number of nitrogens with one attached hydrogen (secondary N) is 3. The first kappa shape index (κ1) is 33.2. The van der Waals surface area contributed by atoms with E-state index < -0.39 is 29.9 Å². The second-order valence-electron chi connectivity index (χ2n) is 11.1. The van der Waals surface area contributed by atoms with E-state index in [4.69, 9.17) is 11.6 Å². The first-order valence-electron chi connectivity index (χ1n) is 14.9. The number of aromatic hydroxyl groups is 1. The number of halogens is 1. The summed E-state index contributed by atoms with van der Waals surface area (Å²) in [6, 6.07) is 12.9. The van der Waals surface area contributed by atoms with Crippen molar-refractivity contribution in [1.82, 2.24) is 20.6 Å². The molecule has 2 amide bonds. The van der Waals surface area contributed by atoms with Gasteiger partial charge in [-0.3, -0.25) is 19.4 Å². The van der Waals surface area contributed by atoms with Crippen LogP contribution in [0.3, 0.4) is 0 Å². The molecule has 45 heavy (non-hydrogen) atoms. The van der Waals surface area contributed by atoms with E-state index >= 15 is 0 Å². The van der Waals surface area contributed by atoms with Gasteiger partial charge in [-0.05, 0) is 72.0 Å². The lowest BCUT2D eigenvalue weighted by Crippen LogP contribution is -2.47. The first-order chi connectivity index (χ1) is 21.6. The van der Waals surface area contributed by atoms with Crippen molar-refractivity contribution >= 4 is 46.1 Å². The van der Waals surface area contributed by atoms with Crippen molar-refractivity contribution in [1.29, 1.82) is 0 Å². The molecule has 0 aliphatic heterocycles. The predicted octanol–water partition coefficient (Wildman–Crippen LogP) is 4.77. The number of phenolic OH excluding ortho intramolecular Hbond substituents is 1. The van der Waals surface area contributed by atoms with Crippen LogP contribution in [-0.2, 0) is 38.4 Å². The molecule has 0 radical (unpaired) electrons. The van der Waals surface area contributed by atoms with E-state index in [-0.39, 0.29) is 49.5 Å². The first-order valence-corrected chi connectivity index (χ1v) is 15.3. The molecule has 2 aromatic carbocycles. The second kappa shape index (κ2) is 15.9. The third-order valence-corrected chi connectivity index (χ3v) is 7.93. The van der Waals surface area contributed by atoms with Gasteiger partial charge in [0.1, 0.15) is 11.8 Å². The third kappa shape index (κ3) is 9.64. The Morgan fingerprint density at radius 2 is 1.62 bits per heavy atom. The Morgan fingerprint density at radius 1 is 0.911 bits per heavy atom. The summed E-state index contributed by atoms with van der Waals surface area (Å²) in [6.07, 6.45) is 6.60. The van der Waals surface area contributed by atoms with Crippen LogP contribution in [0.4, 0.5) is 0 Å². The number of fused-ring (bicyclic) bond motifs is 1. The largest absolute Gasteiger partial charge is 0.508 e. The lowest BCUT2D eigenvalue weighted by atomic mass is 9.89. The van der Waals surface area contributed by atoms with E-state index in [1.54, 1.807) is 73.2 Å². The highest BCUT2D eigenvalue weighted by atomic mass is 35.5. The number of phenols is 1. The molecule has 236 valence electrons. The summed E-state index contributed by atoms with van der Waals surface area (Å²) in [4.78, 5) is 59.7. The minimum atomic E-state index is -1.23. The van der Waals surface area contributed by atoms with Gasteiger partial charge >= 0.3 is 5.97 Å². The number of carboxylic acid groups (broad SMARTS) is 1. The van der Waals surface area contributed by atoms with E-state index in [1.807, 2.05) is 6.92 Å². The Labute approximate surface area is 266 Å². The molecule has 0 saturated heterocycles. The minimum absolute atomic E-state index is 0.0364. The van der Waals surface area contributed by atoms with Gasteiger partial charge in [0.25, 0.3) is 0 Å². The van der Waals surface area contributed by atoms with Crippen LogP contribution in [0.15, 0.2) is 73.2 Å². The molecule has 2 heterocycles. The summed E-state index contributed by atoms with van der Waals surface area (Å²) >= 11 is 6.06. The molecule has 0 fully saturated rings. The Hall–Kier alpha value is -4.70. The summed E-state index contributed by atoms with van der Waals surface area (Å²) in [6.45, 7) is 1.97. The van der Waals surface area contributed by atoms with Gasteiger partial charge in [0.05, 0.1) is 6.04 Å². The van der Waals surface area contributed by atoms with E-state index in [9.17, 15) is 29.4 Å². The maximum atomic E-state index is 14.0. The zero-order valence-electron chi connectivity index (χ0n) is 25.0. The number of amides is 2. The van der Waals surface area contributed by atoms with E-state index in [1.165, 1.54) is 0 Å². The van der Waals surface area contributed by atoms with Gasteiger partial charge in [-0.15, -0.1) is 0 Å². The van der Waals surface area contributed by atoms with Crippen LogP contribution in [0.1, 0.15) is 49.3 Å². The normalized spacial score (nSPS) is 13.1. The number of aromatic amines is 1. The molecule has 4 aromatic rings. The molecule has 0 saturated carbocycles. The van der Waals surface area contributed by atoms with Gasteiger partial charge in [-0.25, -0.2) is 4.79 Å². The number of benzene rings is 2. The number of hydrogen-bond acceptors (Lipinski definition) is 6. The highest BCUT2D eigenvalue weighted by molar-refractivity contribution is 6.30. The number of aromatic nitrogens is 2. The average Bonchev–Trinajstić information content (AvgIpc) is 3.41. The van der Waals surface area contributed by atoms with Crippen LogP contribution in [0.2, 0.25) is 5.02 Å². The fraction of sp³-hybridized carbons (Fsp3) is 0.324. The summed E-state index contributed by atoms with van der Waals surface area (Å²) in [5, 5.41) is 26.7. The van der Waals surface area contributed by atoms with Crippen molar-refractivity contribution in [3.05, 3.63) is 94.9 Å². The van der Waals surface area contributed by atoms with E-state index in [2.05, 4.69) is 20.6 Å². The number of ketones is 1. The lowest BCUT2D eigenvalue weighted by Gasteiger charge is -2.23. The molecule has 2 aromatic heterocycles. The van der Waals surface area contributed by atoms with Gasteiger partial charge in [0.15, 0.2) is 5.78 Å². The zero-order chi connectivity index (χ0) is 32.3. The van der Waals surface area contributed by atoms with Crippen LogP contribution in [0.5, 0.6) is 5.75 Å². The van der Waals surface area contributed by atoms with Gasteiger partial charge < -0.3 is 25.8 Å². The van der Waals surface area contributed by atoms with Crippen LogP contribution in [0, 0.1) is 5.92 Å². The standard InChI is InChI=1S/C34H37ClN4O6/c1-2-3-4-32(42)38-29(17-24-20-37-28-10-9-26(40)19-27(24)28)31(41)18-23(15-21-5-7-25(35)8-6-21)33(43)39-30(34(44)45)16-22-11-13-36-14-12-22/h5-14,19-20,23,29-30,37,40H,2-4,15-18H2,1H3,(H,38,42)(H,39,43)(H,44,45)/t23-,29+,30+/m1/s1. The molecule has 4 rings (SSSR count). The summed E-state index contributed by atoms with van der Waals surface area (Å²) in [7, 11) is 0. The number of unbranched alkanes of at least 4 members (excludes halogenated alkanes) is 1. The highest BCUT2D eigenvalue weighted by Crippen LogP contribution is 2.25. The van der Waals surface area contributed by atoms with Crippen molar-refractivity contribution in [2.75, 3.05) is 0 Å². The number of hydrogen-bond donors (Lipinski definition) is 5. The van der Waals surface area contributed by atoms with Crippen molar-refractivity contribution in [2.45, 2.75) is 64.0 Å². The highest BCUT2D eigenvalue weighted by Gasteiger charge is 2.31. The van der Waals surface area contributed by atoms with E-state index in [0.29, 0.717) is 22.4 Å². The number of pyridine rings is 1. The zero-order valence-corrected chi connectivity index (χ0v) is 25.7. The summed E-state index contributed by atoms with van der Waals surface area (Å²) in [5.41, 5.74) is 2.91. The SMILES string of the molecule is CCCCC(=O)N[C@@H](Cc1c[nH]c2ccc(O)cc12)C(=O)C[C@@H](Cc1ccc(Cl)cc1)C(=O)N[C@@H](Cc1ccncc1)C(=O)O. The number of Topliss-reactive ketones (excluding diaryl/α,β-unsaturated/α-hetero) is 1. The quantitative estimate of drug-likeness (QED) is 0.119. The minimum Gasteiger partial charge on any atom is -0.508 e. The van der Waals surface area contributed by atoms with Crippen molar-refractivity contribution in [3.63, 3.8) is 0 Å². The Morgan fingerprint density at radius 3 is 2.31 bits per heavy atom. The van der Waals surface area contributed by atoms with Gasteiger partial charge in [0.2, 0.25) is 11.8 Å². The average molecular weight is 633 g/mol. The molecule has 5 N–H and O–H groups in total. The smallest absolute Gasteiger partial charge is 0.326 e. The maximum absolute atomic E-state index is 14.0. The number of carbonyl (C=O) groups is 4. The predicted molar refractivity (Wildman–Crippen MR) is 171 cm³/mol. The Balaban J connectivity index is 1.59. The Kier molecular flexibility index (Phi) is 11.7. The van der Waals surface area contributed by atoms with Gasteiger partial charge in [0, 0.05) is 66.1 Å². The van der Waals surface area contributed by atoms with Crippen LogP contribution in [0.25, 0.3) is 10.9 Å². The molecule has 0 aliphatic rings. The summed E-state index contributed by atoms with van der Waals surface area (Å²) < 4.78 is 0. The van der Waals surface area contributed by atoms with Crippen molar-refractivity contribution < 1.29 is 29.4 Å². The molecule has 0 spiro atoms. The third-order valence-electron chi connectivity index (χ3n) is 7.67. The van der Waals surface area contributed by atoms with Gasteiger partial charge in [-0.2, -0.15) is 0 Å². The fourth-order valence-electron chi connectivity index (χ4n) is 5.20. The topological polar surface area (TPSA) is 161 Å². The van der Waals surface area contributed by atoms with Gasteiger partial charge in [-0.1, -0.05) is 37.1 Å². The molecule has 0 unspecified atom stereocenters. The number of carboxylic acids is 1. The molecule has 11 heteroatoms. The van der Waals surface area contributed by atoms with Crippen LogP contribution in [-0.4, -0.2) is 55.8 Å². The maximum Gasteiger partial charge on any atom is 0.326 e. The molecule has 3 atom stereocenters. The molecular formula is C34H37ClN4O6.